The largest absolute Gasteiger partial charge is 0.508 e. The number of benzene rings is 1. The van der Waals surface area contributed by atoms with Crippen LogP contribution in [0.25, 0.3) is 0 Å². The summed E-state index contributed by atoms with van der Waals surface area (Å²) in [5.41, 5.74) is 1.32. The fourth-order valence-corrected chi connectivity index (χ4v) is 3.81. The smallest absolute Gasteiger partial charge is 0.118 e. The van der Waals surface area contributed by atoms with E-state index in [9.17, 15) is 5.11 Å². The first-order valence-electron chi connectivity index (χ1n) is 9.95. The van der Waals surface area contributed by atoms with Gasteiger partial charge < -0.3 is 9.84 Å². The van der Waals surface area contributed by atoms with E-state index in [1.165, 1.54) is 64.2 Å². The third kappa shape index (κ3) is 7.25. The van der Waals surface area contributed by atoms with Gasteiger partial charge in [0.1, 0.15) is 5.75 Å². The molecule has 1 aromatic rings. The van der Waals surface area contributed by atoms with Crippen LogP contribution in [0.2, 0.25) is 0 Å². The molecule has 1 N–H and O–H groups in total. The van der Waals surface area contributed by atoms with Crippen LogP contribution in [0.1, 0.15) is 83.6 Å². The molecule has 0 aromatic heterocycles. The van der Waals surface area contributed by atoms with Crippen molar-refractivity contribution in [3.05, 3.63) is 29.8 Å². The Bertz CT molecular complexity index is 461. The highest BCUT2D eigenvalue weighted by Crippen LogP contribution is 2.31. The molecule has 1 fully saturated rings. The lowest BCUT2D eigenvalue weighted by atomic mass is 9.81. The molecule has 1 aliphatic rings. The summed E-state index contributed by atoms with van der Waals surface area (Å²) in [4.78, 5) is 0. The molecule has 0 radical (unpaired) electrons. The molecule has 2 rings (SSSR count). The predicted molar refractivity (Wildman–Crippen MR) is 102 cm³/mol. The van der Waals surface area contributed by atoms with Gasteiger partial charge in [-0.15, -0.1) is 0 Å². The van der Waals surface area contributed by atoms with Crippen molar-refractivity contribution in [1.29, 1.82) is 0 Å². The van der Waals surface area contributed by atoms with Crippen molar-refractivity contribution in [2.24, 2.45) is 5.41 Å². The van der Waals surface area contributed by atoms with Crippen LogP contribution >= 0.6 is 0 Å². The second-order valence-corrected chi connectivity index (χ2v) is 8.26. The van der Waals surface area contributed by atoms with Gasteiger partial charge in [0.05, 0.1) is 6.10 Å². The zero-order chi connectivity index (χ0) is 17.3. The molecular weight excluding hydrogens is 296 g/mol. The molecule has 24 heavy (non-hydrogen) atoms. The number of hydrogen-bond donors (Lipinski definition) is 1. The van der Waals surface area contributed by atoms with E-state index in [1.54, 1.807) is 6.07 Å². The number of hydrogen-bond acceptors (Lipinski definition) is 2. The monoisotopic (exact) mass is 332 g/mol. The second-order valence-electron chi connectivity index (χ2n) is 8.26. The van der Waals surface area contributed by atoms with Gasteiger partial charge in [-0.2, -0.15) is 0 Å². The minimum absolute atomic E-state index is 0.247. The van der Waals surface area contributed by atoms with Gasteiger partial charge in [0, 0.05) is 6.61 Å². The molecule has 1 aliphatic carbocycles. The van der Waals surface area contributed by atoms with Crippen molar-refractivity contribution in [2.75, 3.05) is 6.61 Å². The maximum Gasteiger partial charge on any atom is 0.118 e. The third-order valence-electron chi connectivity index (χ3n) is 5.31. The number of phenols is 1. The lowest BCUT2D eigenvalue weighted by Crippen LogP contribution is -2.17. The number of aromatic hydroxyl groups is 1. The summed E-state index contributed by atoms with van der Waals surface area (Å²) >= 11 is 0. The summed E-state index contributed by atoms with van der Waals surface area (Å²) < 4.78 is 5.99. The number of phenolic OH excluding ortho intramolecular Hbond substituents is 1. The lowest BCUT2D eigenvalue weighted by molar-refractivity contribution is 0.0262. The van der Waals surface area contributed by atoms with E-state index in [0.29, 0.717) is 11.9 Å². The van der Waals surface area contributed by atoms with Crippen LogP contribution in [0.15, 0.2) is 24.3 Å². The van der Waals surface area contributed by atoms with Crippen molar-refractivity contribution in [1.82, 2.24) is 0 Å². The summed E-state index contributed by atoms with van der Waals surface area (Å²) in [5, 5.41) is 9.94. The van der Waals surface area contributed by atoms with Crippen molar-refractivity contribution in [2.45, 2.75) is 90.6 Å². The Kier molecular flexibility index (Phi) is 8.11. The minimum Gasteiger partial charge on any atom is -0.508 e. The van der Waals surface area contributed by atoms with E-state index in [1.807, 2.05) is 18.2 Å². The number of unbranched alkanes of at least 4 members (excludes halogenated alkanes) is 3. The topological polar surface area (TPSA) is 29.5 Å². The van der Waals surface area contributed by atoms with Gasteiger partial charge in [0.25, 0.3) is 0 Å². The van der Waals surface area contributed by atoms with Crippen LogP contribution in [0.3, 0.4) is 0 Å². The molecule has 0 bridgehead atoms. The summed E-state index contributed by atoms with van der Waals surface area (Å²) in [6.07, 6.45) is 14.4. The van der Waals surface area contributed by atoms with E-state index in [-0.39, 0.29) is 5.41 Å². The van der Waals surface area contributed by atoms with Crippen LogP contribution in [0.5, 0.6) is 5.75 Å². The fraction of sp³-hybridized carbons (Fsp3) is 0.727. The average Bonchev–Trinajstić information content (AvgIpc) is 2.57. The second kappa shape index (κ2) is 10.1. The molecule has 0 saturated heterocycles. The lowest BCUT2D eigenvalue weighted by Gasteiger charge is -2.25. The van der Waals surface area contributed by atoms with Crippen molar-refractivity contribution in [3.63, 3.8) is 0 Å². The van der Waals surface area contributed by atoms with Crippen LogP contribution in [-0.4, -0.2) is 17.8 Å². The quantitative estimate of drug-likeness (QED) is 0.512. The van der Waals surface area contributed by atoms with E-state index >= 15 is 0 Å². The first-order chi connectivity index (χ1) is 11.6. The first kappa shape index (κ1) is 19.3. The van der Waals surface area contributed by atoms with E-state index < -0.39 is 0 Å². The Balaban J connectivity index is 1.53. The summed E-state index contributed by atoms with van der Waals surface area (Å²) in [7, 11) is 0. The molecule has 0 aliphatic heterocycles. The highest BCUT2D eigenvalue weighted by Gasteiger charge is 2.19. The standard InChI is InChI=1S/C22H36O2/c1-22(2,18-19-12-8-9-15-21(19)23)16-10-3-4-11-17-24-20-13-6-5-7-14-20/h8-9,12,15,20,23H,3-7,10-11,13-14,16-18H2,1-2H3. The molecule has 2 heteroatoms. The normalized spacial score (nSPS) is 16.4. The molecule has 136 valence electrons. The zero-order valence-electron chi connectivity index (χ0n) is 15.7. The Morgan fingerprint density at radius 2 is 1.71 bits per heavy atom. The van der Waals surface area contributed by atoms with Gasteiger partial charge >= 0.3 is 0 Å². The molecule has 2 nitrogen and oxygen atoms in total. The van der Waals surface area contributed by atoms with Crippen LogP contribution in [0.4, 0.5) is 0 Å². The molecule has 0 atom stereocenters. The van der Waals surface area contributed by atoms with Crippen LogP contribution in [0, 0.1) is 5.41 Å². The van der Waals surface area contributed by atoms with Crippen LogP contribution in [-0.2, 0) is 11.2 Å². The van der Waals surface area contributed by atoms with Gasteiger partial charge in [0.15, 0.2) is 0 Å². The molecule has 0 amide bonds. The van der Waals surface area contributed by atoms with Gasteiger partial charge in [-0.05, 0) is 49.1 Å². The minimum atomic E-state index is 0.247. The zero-order valence-corrected chi connectivity index (χ0v) is 15.7. The Hall–Kier alpha value is -1.02. The summed E-state index contributed by atoms with van der Waals surface area (Å²) in [6.45, 7) is 5.57. The maximum atomic E-state index is 9.94. The van der Waals surface area contributed by atoms with Crippen LogP contribution < -0.4 is 0 Å². The number of para-hydroxylation sites is 1. The van der Waals surface area contributed by atoms with E-state index in [0.717, 1.165) is 18.6 Å². The van der Waals surface area contributed by atoms with Crippen molar-refractivity contribution < 1.29 is 9.84 Å². The molecule has 0 heterocycles. The maximum absolute atomic E-state index is 9.94. The molecule has 0 unspecified atom stereocenters. The molecule has 1 aromatic carbocycles. The Morgan fingerprint density at radius 1 is 1.00 bits per heavy atom. The Morgan fingerprint density at radius 3 is 2.46 bits per heavy atom. The Labute approximate surface area is 148 Å². The van der Waals surface area contributed by atoms with Gasteiger partial charge in [-0.1, -0.05) is 70.6 Å². The highest BCUT2D eigenvalue weighted by molar-refractivity contribution is 5.32. The van der Waals surface area contributed by atoms with Crippen molar-refractivity contribution >= 4 is 0 Å². The van der Waals surface area contributed by atoms with E-state index in [4.69, 9.17) is 4.74 Å². The van der Waals surface area contributed by atoms with Gasteiger partial charge in [-0.3, -0.25) is 0 Å². The SMILES string of the molecule is CC(C)(CCCCCCOC1CCCCC1)Cc1ccccc1O. The fourth-order valence-electron chi connectivity index (χ4n) is 3.81. The molecule has 0 spiro atoms. The first-order valence-corrected chi connectivity index (χ1v) is 9.95. The highest BCUT2D eigenvalue weighted by atomic mass is 16.5. The summed E-state index contributed by atoms with van der Waals surface area (Å²) in [6, 6.07) is 7.73. The molecular formula is C22H36O2. The third-order valence-corrected chi connectivity index (χ3v) is 5.31. The van der Waals surface area contributed by atoms with Gasteiger partial charge in [0.2, 0.25) is 0 Å². The molecule has 1 saturated carbocycles. The van der Waals surface area contributed by atoms with Crippen molar-refractivity contribution in [3.8, 4) is 5.75 Å². The average molecular weight is 333 g/mol. The van der Waals surface area contributed by atoms with Gasteiger partial charge in [-0.25, -0.2) is 0 Å². The van der Waals surface area contributed by atoms with E-state index in [2.05, 4.69) is 13.8 Å². The number of ether oxygens (including phenoxy) is 1. The predicted octanol–water partition coefficient (Wildman–Crippen LogP) is 6.26. The summed E-state index contributed by atoms with van der Waals surface area (Å²) in [5.74, 6) is 0.436. The number of rotatable bonds is 10.